The van der Waals surface area contributed by atoms with Gasteiger partial charge in [-0.3, -0.25) is 4.79 Å². The Balaban J connectivity index is 2.60. The number of carboxylic acid groups (broad SMARTS) is 1. The maximum atomic E-state index is 10.4. The molecule has 68 valence electrons. The summed E-state index contributed by atoms with van der Waals surface area (Å²) in [7, 11) is 0. The van der Waals surface area contributed by atoms with Crippen LogP contribution < -0.4 is 5.73 Å². The molecule has 0 aromatic rings. The van der Waals surface area contributed by atoms with Crippen LogP contribution in [0.1, 0.15) is 6.42 Å². The van der Waals surface area contributed by atoms with Gasteiger partial charge in [-0.2, -0.15) is 0 Å². The summed E-state index contributed by atoms with van der Waals surface area (Å²) in [6, 6.07) is -0.831. The zero-order valence-electron chi connectivity index (χ0n) is 7.10. The summed E-state index contributed by atoms with van der Waals surface area (Å²) in [5.41, 5.74) is 9.16. The van der Waals surface area contributed by atoms with Crippen LogP contribution in [0.5, 0.6) is 0 Å². The molecule has 0 saturated heterocycles. The summed E-state index contributed by atoms with van der Waals surface area (Å²) in [5, 5.41) is 8.57. The molecule has 3 heteroatoms. The molecule has 13 heavy (non-hydrogen) atoms. The van der Waals surface area contributed by atoms with Crippen LogP contribution in [0, 0.1) is 0 Å². The monoisotopic (exact) mass is 177 g/mol. The Morgan fingerprint density at radius 1 is 1.62 bits per heavy atom. The number of hydrogen-bond donors (Lipinski definition) is 2. The van der Waals surface area contributed by atoms with Crippen LogP contribution >= 0.6 is 0 Å². The number of rotatable bonds is 3. The Morgan fingerprint density at radius 3 is 3.08 bits per heavy atom. The number of carboxylic acids is 1. The third-order valence-corrected chi connectivity index (χ3v) is 1.67. The molecule has 1 unspecified atom stereocenters. The van der Waals surface area contributed by atoms with Gasteiger partial charge in [0.1, 0.15) is 6.04 Å². The van der Waals surface area contributed by atoms with Gasteiger partial charge in [-0.15, -0.1) is 5.73 Å². The number of allylic oxidation sites excluding steroid dienone is 4. The molecule has 0 spiro atoms. The lowest BCUT2D eigenvalue weighted by molar-refractivity contribution is -0.138. The quantitative estimate of drug-likeness (QED) is 0.632. The highest BCUT2D eigenvalue weighted by molar-refractivity contribution is 5.73. The van der Waals surface area contributed by atoms with E-state index in [0.717, 1.165) is 5.57 Å². The summed E-state index contributed by atoms with van der Waals surface area (Å²) in [6.07, 6.45) is 9.30. The summed E-state index contributed by atoms with van der Waals surface area (Å²) in [6.45, 7) is 0. The highest BCUT2D eigenvalue weighted by Crippen LogP contribution is 2.08. The van der Waals surface area contributed by atoms with Crippen molar-refractivity contribution in [3.05, 3.63) is 41.7 Å². The minimum Gasteiger partial charge on any atom is -0.480 e. The van der Waals surface area contributed by atoms with Gasteiger partial charge in [-0.05, 0) is 24.1 Å². The molecule has 3 nitrogen and oxygen atoms in total. The van der Waals surface area contributed by atoms with Crippen molar-refractivity contribution >= 4 is 5.97 Å². The zero-order chi connectivity index (χ0) is 9.68. The molecule has 0 aliphatic heterocycles. The third kappa shape index (κ3) is 3.11. The second kappa shape index (κ2) is 4.45. The van der Waals surface area contributed by atoms with Crippen molar-refractivity contribution in [2.75, 3.05) is 0 Å². The van der Waals surface area contributed by atoms with Crippen LogP contribution in [0.2, 0.25) is 0 Å². The Kier molecular flexibility index (Phi) is 3.26. The van der Waals surface area contributed by atoms with Crippen LogP contribution in [-0.4, -0.2) is 17.1 Å². The van der Waals surface area contributed by atoms with E-state index in [2.05, 4.69) is 5.73 Å². The first-order valence-electron chi connectivity index (χ1n) is 3.97. The van der Waals surface area contributed by atoms with E-state index in [9.17, 15) is 4.79 Å². The van der Waals surface area contributed by atoms with Gasteiger partial charge < -0.3 is 10.8 Å². The van der Waals surface area contributed by atoms with E-state index in [1.165, 1.54) is 0 Å². The number of hydrogen-bond acceptors (Lipinski definition) is 2. The van der Waals surface area contributed by atoms with Gasteiger partial charge in [0.2, 0.25) is 0 Å². The van der Waals surface area contributed by atoms with E-state index in [0.29, 0.717) is 6.42 Å². The van der Waals surface area contributed by atoms with Crippen molar-refractivity contribution in [3.8, 4) is 0 Å². The van der Waals surface area contributed by atoms with Crippen molar-refractivity contribution in [1.82, 2.24) is 0 Å². The van der Waals surface area contributed by atoms with Gasteiger partial charge in [-0.1, -0.05) is 18.2 Å². The second-order valence-corrected chi connectivity index (χ2v) is 2.75. The lowest BCUT2D eigenvalue weighted by atomic mass is 10.1. The summed E-state index contributed by atoms with van der Waals surface area (Å²) in [5.74, 6) is -0.976. The fourth-order valence-electron chi connectivity index (χ4n) is 0.971. The average molecular weight is 177 g/mol. The molecule has 1 aliphatic carbocycles. The fourth-order valence-corrected chi connectivity index (χ4v) is 0.971. The minimum atomic E-state index is -0.976. The summed E-state index contributed by atoms with van der Waals surface area (Å²) >= 11 is 0. The standard InChI is InChI=1S/C10H11NO2/c11-9(10(12)13)7-8-5-3-1-2-4-6-8/h1,3-6,9H,7,11H2,(H,12,13). The molecule has 1 atom stereocenters. The molecule has 0 bridgehead atoms. The van der Waals surface area contributed by atoms with E-state index in [4.69, 9.17) is 10.8 Å². The highest BCUT2D eigenvalue weighted by atomic mass is 16.4. The molecule has 1 rings (SSSR count). The number of aliphatic carboxylic acids is 1. The first-order valence-corrected chi connectivity index (χ1v) is 3.97. The molecule has 0 saturated carbocycles. The predicted octanol–water partition coefficient (Wildman–Crippen LogP) is 0.996. The normalized spacial score (nSPS) is 16.5. The van der Waals surface area contributed by atoms with Crippen molar-refractivity contribution in [2.45, 2.75) is 12.5 Å². The Hall–Kier alpha value is -1.57. The van der Waals surface area contributed by atoms with Crippen molar-refractivity contribution in [1.29, 1.82) is 0 Å². The Morgan fingerprint density at radius 2 is 2.38 bits per heavy atom. The van der Waals surface area contributed by atoms with Gasteiger partial charge in [0.05, 0.1) is 0 Å². The van der Waals surface area contributed by atoms with Crippen LogP contribution in [0.15, 0.2) is 41.7 Å². The third-order valence-electron chi connectivity index (χ3n) is 1.67. The largest absolute Gasteiger partial charge is 0.480 e. The van der Waals surface area contributed by atoms with Gasteiger partial charge in [0, 0.05) is 0 Å². The maximum Gasteiger partial charge on any atom is 0.320 e. The molecular weight excluding hydrogens is 166 g/mol. The smallest absolute Gasteiger partial charge is 0.320 e. The van der Waals surface area contributed by atoms with E-state index in [1.807, 2.05) is 18.2 Å². The van der Waals surface area contributed by atoms with Gasteiger partial charge >= 0.3 is 5.97 Å². The maximum absolute atomic E-state index is 10.4. The van der Waals surface area contributed by atoms with E-state index < -0.39 is 12.0 Å². The van der Waals surface area contributed by atoms with Gasteiger partial charge in [0.15, 0.2) is 0 Å². The first kappa shape index (κ1) is 9.52. The molecule has 0 aromatic heterocycles. The van der Waals surface area contributed by atoms with E-state index in [1.54, 1.807) is 12.2 Å². The Bertz CT molecular complexity index is 320. The van der Waals surface area contributed by atoms with Gasteiger partial charge in [-0.25, -0.2) is 0 Å². The molecule has 0 fully saturated rings. The van der Waals surface area contributed by atoms with Crippen molar-refractivity contribution < 1.29 is 9.90 Å². The molecular formula is C10H11NO2. The molecule has 0 aromatic carbocycles. The number of nitrogens with two attached hydrogens (primary N) is 1. The van der Waals surface area contributed by atoms with Crippen LogP contribution in [0.4, 0.5) is 0 Å². The molecule has 0 amide bonds. The minimum absolute atomic E-state index is 0.345. The molecule has 0 heterocycles. The van der Waals surface area contributed by atoms with Crippen LogP contribution in [-0.2, 0) is 4.79 Å². The lowest BCUT2D eigenvalue weighted by Gasteiger charge is -2.05. The zero-order valence-corrected chi connectivity index (χ0v) is 7.10. The summed E-state index contributed by atoms with van der Waals surface area (Å²) < 4.78 is 0. The predicted molar refractivity (Wildman–Crippen MR) is 50.1 cm³/mol. The SMILES string of the molecule is NC(CC1=CC=C=CC=C1)C(=O)O. The lowest BCUT2D eigenvalue weighted by Crippen LogP contribution is -2.30. The van der Waals surface area contributed by atoms with Gasteiger partial charge in [0.25, 0.3) is 0 Å². The second-order valence-electron chi connectivity index (χ2n) is 2.75. The Labute approximate surface area is 76.6 Å². The average Bonchev–Trinajstić information content (AvgIpc) is 2.32. The fraction of sp³-hybridized carbons (Fsp3) is 0.200. The van der Waals surface area contributed by atoms with Crippen molar-refractivity contribution in [3.63, 3.8) is 0 Å². The number of carbonyl (C=O) groups is 1. The van der Waals surface area contributed by atoms with Crippen LogP contribution in [0.3, 0.4) is 0 Å². The first-order chi connectivity index (χ1) is 6.20. The summed E-state index contributed by atoms with van der Waals surface area (Å²) in [4.78, 5) is 10.4. The topological polar surface area (TPSA) is 63.3 Å². The molecule has 0 radical (unpaired) electrons. The highest BCUT2D eigenvalue weighted by Gasteiger charge is 2.11. The van der Waals surface area contributed by atoms with Crippen LogP contribution in [0.25, 0.3) is 0 Å². The molecule has 1 aliphatic rings. The van der Waals surface area contributed by atoms with Crippen molar-refractivity contribution in [2.24, 2.45) is 5.73 Å². The molecule has 3 N–H and O–H groups in total. The van der Waals surface area contributed by atoms with E-state index >= 15 is 0 Å². The van der Waals surface area contributed by atoms with E-state index in [-0.39, 0.29) is 0 Å².